The van der Waals surface area contributed by atoms with E-state index in [-0.39, 0.29) is 11.9 Å². The summed E-state index contributed by atoms with van der Waals surface area (Å²) in [5.41, 5.74) is 0.970. The second-order valence-corrected chi connectivity index (χ2v) is 6.80. The zero-order valence-corrected chi connectivity index (χ0v) is 10.6. The van der Waals surface area contributed by atoms with Crippen molar-refractivity contribution < 1.29 is 13.5 Å². The maximum absolute atomic E-state index is 12.3. The molecule has 2 rings (SSSR count). The Hall–Kier alpha value is -0.870. The Morgan fingerprint density at radius 2 is 1.71 bits per heavy atom. The minimum absolute atomic E-state index is 0.0920. The monoisotopic (exact) mass is 254 g/mol. The number of hydrogen-bond donors (Lipinski definition) is 1. The Balaban J connectivity index is 2.21. The molecule has 1 saturated carbocycles. The standard InChI is InChI=1S/C13H18O3S/c14-10-9-11-5-7-13(8-6-11)17(15,16)12-3-1-2-4-12/h5-8,12,14H,1-4,9-10H2. The summed E-state index contributed by atoms with van der Waals surface area (Å²) in [5, 5.41) is 8.61. The number of hydrogen-bond acceptors (Lipinski definition) is 3. The topological polar surface area (TPSA) is 54.4 Å². The number of rotatable bonds is 4. The lowest BCUT2D eigenvalue weighted by Gasteiger charge is -2.11. The first-order chi connectivity index (χ1) is 8.14. The highest BCUT2D eigenvalue weighted by molar-refractivity contribution is 7.92. The van der Waals surface area contributed by atoms with Gasteiger partial charge in [-0.1, -0.05) is 25.0 Å². The quantitative estimate of drug-likeness (QED) is 0.893. The average molecular weight is 254 g/mol. The van der Waals surface area contributed by atoms with Gasteiger partial charge in [0.25, 0.3) is 0 Å². The smallest absolute Gasteiger partial charge is 0.181 e. The Bertz CT molecular complexity index is 456. The lowest BCUT2D eigenvalue weighted by molar-refractivity contribution is 0.299. The second-order valence-electron chi connectivity index (χ2n) is 4.57. The van der Waals surface area contributed by atoms with Crippen molar-refractivity contribution in [1.82, 2.24) is 0 Å². The zero-order valence-electron chi connectivity index (χ0n) is 9.80. The molecule has 94 valence electrons. The third-order valence-corrected chi connectivity index (χ3v) is 5.67. The molecule has 0 aliphatic heterocycles. The minimum Gasteiger partial charge on any atom is -0.396 e. The van der Waals surface area contributed by atoms with Crippen LogP contribution in [0.2, 0.25) is 0 Å². The van der Waals surface area contributed by atoms with Gasteiger partial charge in [0.05, 0.1) is 10.1 Å². The molecule has 1 aromatic carbocycles. The molecular formula is C13H18O3S. The molecule has 1 aliphatic rings. The molecule has 0 radical (unpaired) electrons. The Morgan fingerprint density at radius 1 is 1.12 bits per heavy atom. The van der Waals surface area contributed by atoms with Crippen molar-refractivity contribution in [3.8, 4) is 0 Å². The number of benzene rings is 1. The van der Waals surface area contributed by atoms with Gasteiger partial charge in [0, 0.05) is 6.61 Å². The summed E-state index contributed by atoms with van der Waals surface area (Å²) in [6.45, 7) is 0.0920. The maximum Gasteiger partial charge on any atom is 0.181 e. The van der Waals surface area contributed by atoms with Gasteiger partial charge < -0.3 is 5.11 Å². The van der Waals surface area contributed by atoms with Crippen LogP contribution in [-0.4, -0.2) is 25.4 Å². The van der Waals surface area contributed by atoms with Gasteiger partial charge >= 0.3 is 0 Å². The fourth-order valence-corrected chi connectivity index (χ4v) is 4.22. The molecule has 0 spiro atoms. The van der Waals surface area contributed by atoms with Gasteiger partial charge in [-0.25, -0.2) is 8.42 Å². The number of aliphatic hydroxyl groups is 1. The van der Waals surface area contributed by atoms with Crippen LogP contribution in [0.5, 0.6) is 0 Å². The van der Waals surface area contributed by atoms with Gasteiger partial charge in [-0.3, -0.25) is 0 Å². The highest BCUT2D eigenvalue weighted by atomic mass is 32.2. The summed E-state index contributed by atoms with van der Waals surface area (Å²) in [5.74, 6) is 0. The number of sulfone groups is 1. The maximum atomic E-state index is 12.3. The van der Waals surface area contributed by atoms with Crippen LogP contribution in [-0.2, 0) is 16.3 Å². The van der Waals surface area contributed by atoms with E-state index in [9.17, 15) is 8.42 Å². The van der Waals surface area contributed by atoms with Crippen LogP contribution in [0.25, 0.3) is 0 Å². The van der Waals surface area contributed by atoms with Crippen molar-refractivity contribution >= 4 is 9.84 Å². The Morgan fingerprint density at radius 3 is 2.24 bits per heavy atom. The molecule has 0 atom stereocenters. The molecule has 3 nitrogen and oxygen atoms in total. The molecule has 0 amide bonds. The molecule has 1 aliphatic carbocycles. The summed E-state index contributed by atoms with van der Waals surface area (Å²) in [4.78, 5) is 0.422. The Labute approximate surface area is 102 Å². The SMILES string of the molecule is O=S(=O)(c1ccc(CCO)cc1)C1CCCC1. The normalized spacial score (nSPS) is 17.5. The lowest BCUT2D eigenvalue weighted by Crippen LogP contribution is -2.17. The van der Waals surface area contributed by atoms with Crippen molar-refractivity contribution in [3.05, 3.63) is 29.8 Å². The van der Waals surface area contributed by atoms with E-state index in [4.69, 9.17) is 5.11 Å². The second kappa shape index (κ2) is 5.19. The van der Waals surface area contributed by atoms with Gasteiger partial charge in [-0.05, 0) is 37.0 Å². The van der Waals surface area contributed by atoms with Crippen LogP contribution >= 0.6 is 0 Å². The van der Waals surface area contributed by atoms with Gasteiger partial charge in [0.2, 0.25) is 0 Å². The fraction of sp³-hybridized carbons (Fsp3) is 0.538. The summed E-state index contributed by atoms with van der Waals surface area (Å²) < 4.78 is 24.5. The van der Waals surface area contributed by atoms with E-state index in [0.29, 0.717) is 11.3 Å². The highest BCUT2D eigenvalue weighted by Crippen LogP contribution is 2.29. The zero-order chi connectivity index (χ0) is 12.3. The molecule has 0 bridgehead atoms. The first-order valence-electron chi connectivity index (χ1n) is 6.08. The van der Waals surface area contributed by atoms with Crippen molar-refractivity contribution in [2.45, 2.75) is 42.2 Å². The van der Waals surface area contributed by atoms with Crippen LogP contribution in [0, 0.1) is 0 Å². The molecule has 0 aromatic heterocycles. The Kier molecular flexibility index (Phi) is 3.84. The fourth-order valence-electron chi connectivity index (χ4n) is 2.37. The van der Waals surface area contributed by atoms with Gasteiger partial charge in [-0.2, -0.15) is 0 Å². The average Bonchev–Trinajstić information content (AvgIpc) is 2.84. The molecular weight excluding hydrogens is 236 g/mol. The van der Waals surface area contributed by atoms with Crippen LogP contribution in [0.1, 0.15) is 31.2 Å². The van der Waals surface area contributed by atoms with Crippen LogP contribution in [0.3, 0.4) is 0 Å². The molecule has 1 N–H and O–H groups in total. The molecule has 17 heavy (non-hydrogen) atoms. The van der Waals surface area contributed by atoms with E-state index in [1.165, 1.54) is 0 Å². The van der Waals surface area contributed by atoms with Crippen molar-refractivity contribution in [2.24, 2.45) is 0 Å². The third kappa shape index (κ3) is 2.69. The van der Waals surface area contributed by atoms with Crippen molar-refractivity contribution in [3.63, 3.8) is 0 Å². The lowest BCUT2D eigenvalue weighted by atomic mass is 10.2. The summed E-state index contributed by atoms with van der Waals surface area (Å²) in [6.07, 6.45) is 4.20. The van der Waals surface area contributed by atoms with E-state index < -0.39 is 9.84 Å². The van der Waals surface area contributed by atoms with Crippen molar-refractivity contribution in [2.75, 3.05) is 6.61 Å². The highest BCUT2D eigenvalue weighted by Gasteiger charge is 2.29. The molecule has 4 heteroatoms. The largest absolute Gasteiger partial charge is 0.396 e. The first-order valence-corrected chi connectivity index (χ1v) is 7.63. The van der Waals surface area contributed by atoms with E-state index in [0.717, 1.165) is 31.2 Å². The van der Waals surface area contributed by atoms with E-state index >= 15 is 0 Å². The summed E-state index contributed by atoms with van der Waals surface area (Å²) in [7, 11) is -3.13. The first kappa shape index (κ1) is 12.6. The van der Waals surface area contributed by atoms with E-state index in [1.54, 1.807) is 24.3 Å². The third-order valence-electron chi connectivity index (χ3n) is 3.39. The van der Waals surface area contributed by atoms with E-state index in [2.05, 4.69) is 0 Å². The number of aliphatic hydroxyl groups excluding tert-OH is 1. The van der Waals surface area contributed by atoms with E-state index in [1.807, 2.05) is 0 Å². The van der Waals surface area contributed by atoms with Crippen LogP contribution < -0.4 is 0 Å². The van der Waals surface area contributed by atoms with Crippen LogP contribution in [0.4, 0.5) is 0 Å². The molecule has 0 unspecified atom stereocenters. The van der Waals surface area contributed by atoms with Gasteiger partial charge in [0.15, 0.2) is 9.84 Å². The summed E-state index contributed by atoms with van der Waals surface area (Å²) in [6, 6.07) is 6.91. The molecule has 0 saturated heterocycles. The van der Waals surface area contributed by atoms with Crippen molar-refractivity contribution in [1.29, 1.82) is 0 Å². The minimum atomic E-state index is -3.13. The predicted molar refractivity (Wildman–Crippen MR) is 66.7 cm³/mol. The van der Waals surface area contributed by atoms with Crippen LogP contribution in [0.15, 0.2) is 29.2 Å². The molecule has 1 fully saturated rings. The van der Waals surface area contributed by atoms with Gasteiger partial charge in [0.1, 0.15) is 0 Å². The summed E-state index contributed by atoms with van der Waals surface area (Å²) >= 11 is 0. The predicted octanol–water partition coefficient (Wildman–Crippen LogP) is 1.94. The molecule has 1 aromatic rings. The van der Waals surface area contributed by atoms with Gasteiger partial charge in [-0.15, -0.1) is 0 Å². The molecule has 0 heterocycles.